The lowest BCUT2D eigenvalue weighted by Crippen LogP contribution is -2.26. The molecule has 0 aliphatic heterocycles. The van der Waals surface area contributed by atoms with Crippen molar-refractivity contribution in [2.45, 2.75) is 63.9 Å². The molecular weight excluding hydrogens is 240 g/mol. The van der Waals surface area contributed by atoms with Crippen LogP contribution in [0.1, 0.15) is 63.6 Å². The highest BCUT2D eigenvalue weighted by atomic mass is 16.5. The molecule has 4 heteroatoms. The molecule has 1 N–H and O–H groups in total. The third-order valence-corrected chi connectivity index (χ3v) is 4.30. The topological polar surface area (TPSA) is 55.0 Å². The Labute approximate surface area is 113 Å². The van der Waals surface area contributed by atoms with Crippen LogP contribution < -0.4 is 10.3 Å². The van der Waals surface area contributed by atoms with Gasteiger partial charge in [-0.15, -0.1) is 0 Å². The normalized spacial score (nSPS) is 27.2. The van der Waals surface area contributed by atoms with Gasteiger partial charge in [0.05, 0.1) is 6.07 Å². The van der Waals surface area contributed by atoms with E-state index in [-0.39, 0.29) is 11.7 Å². The number of nitrogens with one attached hydrogen (secondary N) is 1. The number of hydrogen-bond donors (Lipinski definition) is 1. The molecule has 1 aromatic rings. The second-order valence-electron chi connectivity index (χ2n) is 5.92. The number of aromatic nitrogens is 2. The van der Waals surface area contributed by atoms with Crippen molar-refractivity contribution in [3.05, 3.63) is 22.2 Å². The van der Waals surface area contributed by atoms with Gasteiger partial charge in [0.1, 0.15) is 11.9 Å². The molecule has 3 rings (SSSR count). The molecule has 0 spiro atoms. The Morgan fingerprint density at radius 1 is 1.37 bits per heavy atom. The summed E-state index contributed by atoms with van der Waals surface area (Å²) < 4.78 is 5.96. The number of hydrogen-bond acceptors (Lipinski definition) is 3. The fourth-order valence-corrected chi connectivity index (χ4v) is 2.95. The minimum Gasteiger partial charge on any atom is -0.474 e. The van der Waals surface area contributed by atoms with Gasteiger partial charge in [-0.2, -0.15) is 4.98 Å². The number of nitrogens with zero attached hydrogens (tertiary/aromatic N) is 1. The van der Waals surface area contributed by atoms with Crippen LogP contribution in [-0.4, -0.2) is 16.1 Å². The molecule has 104 valence electrons. The van der Waals surface area contributed by atoms with Crippen molar-refractivity contribution in [2.75, 3.05) is 0 Å². The summed E-state index contributed by atoms with van der Waals surface area (Å²) in [6.45, 7) is 2.24. The quantitative estimate of drug-likeness (QED) is 0.907. The minimum absolute atomic E-state index is 0.0882. The van der Waals surface area contributed by atoms with Crippen LogP contribution in [-0.2, 0) is 0 Å². The van der Waals surface area contributed by atoms with E-state index in [1.165, 1.54) is 25.3 Å². The van der Waals surface area contributed by atoms with Crippen LogP contribution in [0, 0.1) is 5.92 Å². The lowest BCUT2D eigenvalue weighted by Gasteiger charge is -2.28. The molecule has 2 unspecified atom stereocenters. The average molecular weight is 262 g/mol. The lowest BCUT2D eigenvalue weighted by molar-refractivity contribution is 0.116. The summed E-state index contributed by atoms with van der Waals surface area (Å²) >= 11 is 0. The molecule has 0 aromatic carbocycles. The van der Waals surface area contributed by atoms with E-state index in [9.17, 15) is 4.79 Å². The molecule has 2 aliphatic rings. The molecule has 0 radical (unpaired) electrons. The van der Waals surface area contributed by atoms with Crippen LogP contribution >= 0.6 is 0 Å². The first kappa shape index (κ1) is 12.7. The van der Waals surface area contributed by atoms with Crippen molar-refractivity contribution in [3.8, 4) is 5.88 Å². The van der Waals surface area contributed by atoms with Crippen molar-refractivity contribution in [1.82, 2.24) is 9.97 Å². The zero-order chi connectivity index (χ0) is 13.2. The average Bonchev–Trinajstić information content (AvgIpc) is 3.22. The Hall–Kier alpha value is -1.32. The van der Waals surface area contributed by atoms with E-state index >= 15 is 0 Å². The number of H-pyrrole nitrogens is 1. The van der Waals surface area contributed by atoms with E-state index in [2.05, 4.69) is 16.9 Å². The molecule has 4 nitrogen and oxygen atoms in total. The third kappa shape index (κ3) is 3.17. The summed E-state index contributed by atoms with van der Waals surface area (Å²) in [4.78, 5) is 18.9. The highest BCUT2D eigenvalue weighted by Crippen LogP contribution is 2.38. The Morgan fingerprint density at radius 3 is 2.95 bits per heavy atom. The van der Waals surface area contributed by atoms with Crippen LogP contribution in [0.15, 0.2) is 10.9 Å². The fourth-order valence-electron chi connectivity index (χ4n) is 2.95. The lowest BCUT2D eigenvalue weighted by atomic mass is 9.85. The summed E-state index contributed by atoms with van der Waals surface area (Å²) in [6.07, 6.45) is 8.44. The van der Waals surface area contributed by atoms with Gasteiger partial charge in [0, 0.05) is 5.92 Å². The molecule has 1 aromatic heterocycles. The summed E-state index contributed by atoms with van der Waals surface area (Å²) in [6, 6.07) is 1.49. The van der Waals surface area contributed by atoms with Crippen LogP contribution in [0.25, 0.3) is 0 Å². The van der Waals surface area contributed by atoms with Crippen molar-refractivity contribution in [3.63, 3.8) is 0 Å². The van der Waals surface area contributed by atoms with Crippen molar-refractivity contribution in [2.24, 2.45) is 5.92 Å². The van der Waals surface area contributed by atoms with Crippen LogP contribution in [0.2, 0.25) is 0 Å². The first-order chi connectivity index (χ1) is 9.24. The molecule has 2 saturated carbocycles. The first-order valence-corrected chi connectivity index (χ1v) is 7.52. The second-order valence-corrected chi connectivity index (χ2v) is 5.92. The summed E-state index contributed by atoms with van der Waals surface area (Å²) in [5, 5.41) is 0. The van der Waals surface area contributed by atoms with Crippen molar-refractivity contribution >= 4 is 0 Å². The summed E-state index contributed by atoms with van der Waals surface area (Å²) in [5.41, 5.74) is -0.0882. The zero-order valence-corrected chi connectivity index (χ0v) is 11.5. The number of aromatic amines is 1. The molecule has 1 heterocycles. The highest BCUT2D eigenvalue weighted by molar-refractivity contribution is 5.14. The van der Waals surface area contributed by atoms with Gasteiger partial charge >= 0.3 is 0 Å². The van der Waals surface area contributed by atoms with Crippen molar-refractivity contribution < 1.29 is 4.74 Å². The Bertz CT molecular complexity index is 493. The van der Waals surface area contributed by atoms with Gasteiger partial charge in [-0.1, -0.05) is 19.8 Å². The van der Waals surface area contributed by atoms with Crippen molar-refractivity contribution in [1.29, 1.82) is 0 Å². The van der Waals surface area contributed by atoms with Gasteiger partial charge in [-0.3, -0.25) is 4.79 Å². The Balaban J connectivity index is 1.70. The summed E-state index contributed by atoms with van der Waals surface area (Å²) in [5.74, 6) is 2.55. The molecule has 2 fully saturated rings. The predicted molar refractivity (Wildman–Crippen MR) is 73.5 cm³/mol. The van der Waals surface area contributed by atoms with Gasteiger partial charge < -0.3 is 9.72 Å². The monoisotopic (exact) mass is 262 g/mol. The number of rotatable bonds is 4. The Kier molecular flexibility index (Phi) is 3.58. The Morgan fingerprint density at radius 2 is 2.21 bits per heavy atom. The molecule has 2 aliphatic carbocycles. The largest absolute Gasteiger partial charge is 0.474 e. The maximum absolute atomic E-state index is 11.6. The second kappa shape index (κ2) is 5.35. The molecule has 19 heavy (non-hydrogen) atoms. The van der Waals surface area contributed by atoms with E-state index in [1.807, 2.05) is 0 Å². The molecule has 0 bridgehead atoms. The molecule has 0 amide bonds. The SMILES string of the molecule is CCC1CCCC(Oc2cc(=O)[nH]c(C3CC3)n2)C1. The van der Waals surface area contributed by atoms with E-state index in [1.54, 1.807) is 0 Å². The summed E-state index contributed by atoms with van der Waals surface area (Å²) in [7, 11) is 0. The zero-order valence-electron chi connectivity index (χ0n) is 11.5. The smallest absolute Gasteiger partial charge is 0.254 e. The standard InChI is InChI=1S/C15H22N2O2/c1-2-10-4-3-5-12(8-10)19-14-9-13(18)16-15(17-14)11-6-7-11/h9-12H,2-8H2,1H3,(H,16,17,18). The van der Waals surface area contributed by atoms with Gasteiger partial charge in [0.25, 0.3) is 5.56 Å². The van der Waals surface area contributed by atoms with E-state index in [0.29, 0.717) is 11.8 Å². The van der Waals surface area contributed by atoms with Gasteiger partial charge in [-0.25, -0.2) is 0 Å². The maximum Gasteiger partial charge on any atom is 0.254 e. The minimum atomic E-state index is -0.0882. The van der Waals surface area contributed by atoms with Crippen LogP contribution in [0.3, 0.4) is 0 Å². The fraction of sp³-hybridized carbons (Fsp3) is 0.733. The van der Waals surface area contributed by atoms with Gasteiger partial charge in [-0.05, 0) is 38.0 Å². The highest BCUT2D eigenvalue weighted by Gasteiger charge is 2.27. The molecule has 0 saturated heterocycles. The van der Waals surface area contributed by atoms with E-state index in [4.69, 9.17) is 4.74 Å². The van der Waals surface area contributed by atoms with Crippen LogP contribution in [0.4, 0.5) is 0 Å². The van der Waals surface area contributed by atoms with Gasteiger partial charge in [0.15, 0.2) is 0 Å². The molecular formula is C15H22N2O2. The third-order valence-electron chi connectivity index (χ3n) is 4.30. The maximum atomic E-state index is 11.6. The van der Waals surface area contributed by atoms with E-state index in [0.717, 1.165) is 37.4 Å². The molecule has 2 atom stereocenters. The first-order valence-electron chi connectivity index (χ1n) is 7.52. The van der Waals surface area contributed by atoms with E-state index < -0.39 is 0 Å². The number of ether oxygens (including phenoxy) is 1. The van der Waals surface area contributed by atoms with Crippen LogP contribution in [0.5, 0.6) is 5.88 Å². The predicted octanol–water partition coefficient (Wildman–Crippen LogP) is 2.99. The van der Waals surface area contributed by atoms with Gasteiger partial charge in [0.2, 0.25) is 5.88 Å².